The molecule has 1 N–H and O–H groups in total. The first kappa shape index (κ1) is 13.9. The predicted octanol–water partition coefficient (Wildman–Crippen LogP) is 4.29. The van der Waals surface area contributed by atoms with Gasteiger partial charge in [-0.1, -0.05) is 18.5 Å². The topological polar surface area (TPSA) is 21.3 Å². The molecular formula is C14H20ClNOS. The highest BCUT2D eigenvalue weighted by Gasteiger charge is 2.15. The van der Waals surface area contributed by atoms with E-state index in [1.54, 1.807) is 0 Å². The Bertz CT molecular complexity index is 380. The van der Waals surface area contributed by atoms with Crippen molar-refractivity contribution in [1.29, 1.82) is 0 Å². The van der Waals surface area contributed by atoms with Crippen molar-refractivity contribution in [3.8, 4) is 5.75 Å². The van der Waals surface area contributed by atoms with Gasteiger partial charge in [-0.2, -0.15) is 11.8 Å². The molecule has 1 atom stereocenters. The molecule has 1 aromatic rings. The summed E-state index contributed by atoms with van der Waals surface area (Å²) >= 11 is 8.24. The van der Waals surface area contributed by atoms with E-state index in [4.69, 9.17) is 16.3 Å². The van der Waals surface area contributed by atoms with Crippen LogP contribution in [0.25, 0.3) is 0 Å². The van der Waals surface area contributed by atoms with Gasteiger partial charge in [0, 0.05) is 12.2 Å². The number of ether oxygens (including phenoxy) is 1. The quantitative estimate of drug-likeness (QED) is 0.842. The number of thioether (sulfide) groups is 1. The van der Waals surface area contributed by atoms with Gasteiger partial charge in [0.05, 0.1) is 11.6 Å². The maximum atomic E-state index is 6.19. The molecule has 0 spiro atoms. The van der Waals surface area contributed by atoms with Crippen molar-refractivity contribution >= 4 is 29.1 Å². The van der Waals surface area contributed by atoms with Crippen LogP contribution in [0.2, 0.25) is 5.02 Å². The molecule has 1 saturated heterocycles. The van der Waals surface area contributed by atoms with Gasteiger partial charge in [0.1, 0.15) is 5.75 Å². The second kappa shape index (κ2) is 7.15. The maximum Gasteiger partial charge on any atom is 0.138 e. The van der Waals surface area contributed by atoms with Crippen LogP contribution in [0.5, 0.6) is 5.75 Å². The lowest BCUT2D eigenvalue weighted by molar-refractivity contribution is 0.317. The Kier molecular flexibility index (Phi) is 5.51. The molecule has 1 aromatic carbocycles. The van der Waals surface area contributed by atoms with Crippen LogP contribution < -0.4 is 10.1 Å². The van der Waals surface area contributed by atoms with E-state index in [0.717, 1.165) is 30.3 Å². The molecular weight excluding hydrogens is 266 g/mol. The van der Waals surface area contributed by atoms with Gasteiger partial charge in [-0.25, -0.2) is 0 Å². The largest absolute Gasteiger partial charge is 0.492 e. The van der Waals surface area contributed by atoms with Crippen LogP contribution in [0.3, 0.4) is 0 Å². The summed E-state index contributed by atoms with van der Waals surface area (Å²) in [6.07, 6.45) is 2.32. The monoisotopic (exact) mass is 285 g/mol. The number of benzene rings is 1. The van der Waals surface area contributed by atoms with Gasteiger partial charge in [0.15, 0.2) is 0 Å². The fourth-order valence-electron chi connectivity index (χ4n) is 1.95. The smallest absolute Gasteiger partial charge is 0.138 e. The summed E-state index contributed by atoms with van der Waals surface area (Å²) in [5, 5.41) is 4.15. The number of rotatable bonds is 6. The molecule has 100 valence electrons. The molecule has 1 aliphatic heterocycles. The first-order valence-corrected chi connectivity index (χ1v) is 8.07. The lowest BCUT2D eigenvalue weighted by Gasteiger charge is -2.13. The Morgan fingerprint density at radius 3 is 3.06 bits per heavy atom. The number of hydrogen-bond acceptors (Lipinski definition) is 3. The van der Waals surface area contributed by atoms with Gasteiger partial charge in [0.25, 0.3) is 0 Å². The molecule has 0 aromatic heterocycles. The molecule has 0 amide bonds. The molecule has 0 radical (unpaired) electrons. The van der Waals surface area contributed by atoms with Gasteiger partial charge in [0.2, 0.25) is 0 Å². The normalized spacial score (nSPS) is 18.9. The van der Waals surface area contributed by atoms with Crippen molar-refractivity contribution in [2.75, 3.05) is 30.0 Å². The Morgan fingerprint density at radius 1 is 1.50 bits per heavy atom. The van der Waals surface area contributed by atoms with E-state index < -0.39 is 0 Å². The van der Waals surface area contributed by atoms with Crippen molar-refractivity contribution < 1.29 is 4.74 Å². The highest BCUT2D eigenvalue weighted by atomic mass is 35.5. The maximum absolute atomic E-state index is 6.19. The third kappa shape index (κ3) is 3.99. The second-order valence-corrected chi connectivity index (χ2v) is 6.16. The zero-order valence-electron chi connectivity index (χ0n) is 10.7. The van der Waals surface area contributed by atoms with Gasteiger partial charge in [-0.3, -0.25) is 0 Å². The van der Waals surface area contributed by atoms with Crippen LogP contribution in [0.15, 0.2) is 18.2 Å². The van der Waals surface area contributed by atoms with Gasteiger partial charge >= 0.3 is 0 Å². The van der Waals surface area contributed by atoms with E-state index in [-0.39, 0.29) is 0 Å². The molecule has 18 heavy (non-hydrogen) atoms. The SMILES string of the molecule is CCCOc1ccc(NCC2CCSC2)cc1Cl. The number of halogens is 1. The molecule has 0 bridgehead atoms. The molecule has 0 saturated carbocycles. The highest BCUT2D eigenvalue weighted by molar-refractivity contribution is 7.99. The third-order valence-corrected chi connectivity index (χ3v) is 4.54. The number of hydrogen-bond donors (Lipinski definition) is 1. The molecule has 2 rings (SSSR count). The first-order valence-electron chi connectivity index (χ1n) is 6.53. The minimum atomic E-state index is 0.689. The van der Waals surface area contributed by atoms with E-state index in [9.17, 15) is 0 Å². The molecule has 1 unspecified atom stereocenters. The Labute approximate surface area is 118 Å². The van der Waals surface area contributed by atoms with Gasteiger partial charge in [-0.05, 0) is 48.5 Å². The van der Waals surface area contributed by atoms with Crippen molar-refractivity contribution in [1.82, 2.24) is 0 Å². The average molecular weight is 286 g/mol. The Morgan fingerprint density at radius 2 is 2.39 bits per heavy atom. The van der Waals surface area contributed by atoms with Crippen molar-refractivity contribution in [2.45, 2.75) is 19.8 Å². The van der Waals surface area contributed by atoms with Gasteiger partial charge in [-0.15, -0.1) is 0 Å². The van der Waals surface area contributed by atoms with Crippen molar-refractivity contribution in [3.05, 3.63) is 23.2 Å². The minimum Gasteiger partial charge on any atom is -0.492 e. The third-order valence-electron chi connectivity index (χ3n) is 3.01. The summed E-state index contributed by atoms with van der Waals surface area (Å²) in [6.45, 7) is 3.84. The lowest BCUT2D eigenvalue weighted by atomic mass is 10.1. The average Bonchev–Trinajstić information content (AvgIpc) is 2.88. The predicted molar refractivity (Wildman–Crippen MR) is 81.2 cm³/mol. The first-order chi connectivity index (χ1) is 8.79. The molecule has 1 aliphatic rings. The van der Waals surface area contributed by atoms with E-state index in [2.05, 4.69) is 12.2 Å². The van der Waals surface area contributed by atoms with Crippen molar-refractivity contribution in [3.63, 3.8) is 0 Å². The summed E-state index contributed by atoms with van der Waals surface area (Å²) in [5.41, 5.74) is 1.08. The molecule has 2 nitrogen and oxygen atoms in total. The zero-order chi connectivity index (χ0) is 12.8. The summed E-state index contributed by atoms with van der Waals surface area (Å²) in [6, 6.07) is 5.94. The molecule has 1 fully saturated rings. The lowest BCUT2D eigenvalue weighted by Crippen LogP contribution is -2.13. The second-order valence-electron chi connectivity index (χ2n) is 4.60. The van der Waals surface area contributed by atoms with Crippen LogP contribution in [-0.2, 0) is 0 Å². The fourth-order valence-corrected chi connectivity index (χ4v) is 3.47. The van der Waals surface area contributed by atoms with Crippen LogP contribution >= 0.6 is 23.4 Å². The standard InChI is InChI=1S/C14H20ClNOS/c1-2-6-17-14-4-3-12(8-13(14)15)16-9-11-5-7-18-10-11/h3-4,8,11,16H,2,5-7,9-10H2,1H3. The fraction of sp³-hybridized carbons (Fsp3) is 0.571. The van der Waals surface area contributed by atoms with Gasteiger partial charge < -0.3 is 10.1 Å². The summed E-state index contributed by atoms with van der Waals surface area (Å²) in [5.74, 6) is 4.15. The van der Waals surface area contributed by atoms with Crippen LogP contribution in [0, 0.1) is 5.92 Å². The highest BCUT2D eigenvalue weighted by Crippen LogP contribution is 2.29. The van der Waals surface area contributed by atoms with Crippen LogP contribution in [0.4, 0.5) is 5.69 Å². The molecule has 0 aliphatic carbocycles. The summed E-state index contributed by atoms with van der Waals surface area (Å²) in [4.78, 5) is 0. The number of nitrogens with one attached hydrogen (secondary N) is 1. The van der Waals surface area contributed by atoms with E-state index in [1.807, 2.05) is 30.0 Å². The van der Waals surface area contributed by atoms with E-state index in [1.165, 1.54) is 17.9 Å². The molecule has 4 heteroatoms. The van der Waals surface area contributed by atoms with Crippen LogP contribution in [0.1, 0.15) is 19.8 Å². The number of anilines is 1. The minimum absolute atomic E-state index is 0.689. The zero-order valence-corrected chi connectivity index (χ0v) is 12.3. The van der Waals surface area contributed by atoms with E-state index in [0.29, 0.717) is 11.6 Å². The summed E-state index contributed by atoms with van der Waals surface area (Å²) < 4.78 is 5.56. The molecule has 1 heterocycles. The van der Waals surface area contributed by atoms with Crippen molar-refractivity contribution in [2.24, 2.45) is 5.92 Å². The van der Waals surface area contributed by atoms with Crippen LogP contribution in [-0.4, -0.2) is 24.7 Å². The van der Waals surface area contributed by atoms with E-state index >= 15 is 0 Å². The summed E-state index contributed by atoms with van der Waals surface area (Å²) in [7, 11) is 0. The Hall–Kier alpha value is -0.540. The Balaban J connectivity index is 1.87.